The first-order valence-electron chi connectivity index (χ1n) is 7.96. The summed E-state index contributed by atoms with van der Waals surface area (Å²) in [6.45, 7) is 13.0. The minimum Gasteiger partial charge on any atom is -0.444 e. The van der Waals surface area contributed by atoms with Crippen LogP contribution < -0.4 is 0 Å². The molecule has 0 bridgehead atoms. The number of aliphatic hydroxyl groups excluding tert-OH is 1. The van der Waals surface area contributed by atoms with E-state index in [0.717, 1.165) is 0 Å². The van der Waals surface area contributed by atoms with Crippen molar-refractivity contribution in [3.8, 4) is 0 Å². The molecular formula is C16H30N2O5. The first-order chi connectivity index (χ1) is 10.4. The quantitative estimate of drug-likeness (QED) is 0.797. The van der Waals surface area contributed by atoms with Gasteiger partial charge in [-0.25, -0.2) is 9.59 Å². The van der Waals surface area contributed by atoms with Crippen molar-refractivity contribution in [2.24, 2.45) is 0 Å². The average Bonchev–Trinajstić information content (AvgIpc) is 2.33. The molecule has 0 aromatic heterocycles. The van der Waals surface area contributed by atoms with Gasteiger partial charge in [0.25, 0.3) is 0 Å². The summed E-state index contributed by atoms with van der Waals surface area (Å²) < 4.78 is 10.8. The van der Waals surface area contributed by atoms with Gasteiger partial charge in [-0.15, -0.1) is 0 Å². The van der Waals surface area contributed by atoms with Gasteiger partial charge in [-0.3, -0.25) is 4.90 Å². The highest BCUT2D eigenvalue weighted by Gasteiger charge is 2.40. The number of hydrogen-bond acceptors (Lipinski definition) is 5. The number of nitrogens with zero attached hydrogens (tertiary/aromatic N) is 2. The number of amides is 2. The third kappa shape index (κ3) is 5.57. The topological polar surface area (TPSA) is 79.3 Å². The van der Waals surface area contributed by atoms with Crippen LogP contribution >= 0.6 is 0 Å². The summed E-state index contributed by atoms with van der Waals surface area (Å²) in [4.78, 5) is 27.6. The zero-order valence-electron chi connectivity index (χ0n) is 15.3. The smallest absolute Gasteiger partial charge is 0.410 e. The first kappa shape index (κ1) is 19.5. The Balaban J connectivity index is 2.83. The molecule has 7 heteroatoms. The molecule has 2 atom stereocenters. The maximum absolute atomic E-state index is 12.3. The van der Waals surface area contributed by atoms with E-state index < -0.39 is 29.4 Å². The van der Waals surface area contributed by atoms with Crippen LogP contribution in [0.4, 0.5) is 9.59 Å². The van der Waals surface area contributed by atoms with Gasteiger partial charge in [-0.1, -0.05) is 0 Å². The second-order valence-corrected chi connectivity index (χ2v) is 7.84. The molecule has 2 unspecified atom stereocenters. The summed E-state index contributed by atoms with van der Waals surface area (Å²) in [6.07, 6.45) is -0.917. The van der Waals surface area contributed by atoms with E-state index in [0.29, 0.717) is 13.1 Å². The van der Waals surface area contributed by atoms with Crippen molar-refractivity contribution in [1.29, 1.82) is 0 Å². The minimum absolute atomic E-state index is 0.250. The number of ether oxygens (including phenoxy) is 2. The minimum atomic E-state index is -0.609. The molecule has 0 radical (unpaired) electrons. The molecule has 0 spiro atoms. The van der Waals surface area contributed by atoms with E-state index in [1.165, 1.54) is 4.90 Å². The van der Waals surface area contributed by atoms with Crippen LogP contribution in [0.3, 0.4) is 0 Å². The molecular weight excluding hydrogens is 300 g/mol. The van der Waals surface area contributed by atoms with E-state index in [1.54, 1.807) is 53.4 Å². The Morgan fingerprint density at radius 3 is 1.74 bits per heavy atom. The van der Waals surface area contributed by atoms with Gasteiger partial charge in [0.2, 0.25) is 0 Å². The SMILES string of the molecule is CC1C(CO)N(C(=O)OC(C)(C)C)CCN1C(=O)OC(C)(C)C. The zero-order valence-corrected chi connectivity index (χ0v) is 15.3. The number of aliphatic hydroxyl groups is 1. The van der Waals surface area contributed by atoms with Crippen molar-refractivity contribution in [2.45, 2.75) is 71.8 Å². The predicted octanol–water partition coefficient (Wildman–Crippen LogP) is 2.22. The van der Waals surface area contributed by atoms with E-state index >= 15 is 0 Å². The van der Waals surface area contributed by atoms with Crippen molar-refractivity contribution < 1.29 is 24.2 Å². The van der Waals surface area contributed by atoms with Crippen molar-refractivity contribution in [2.75, 3.05) is 19.7 Å². The van der Waals surface area contributed by atoms with Crippen LogP contribution in [-0.2, 0) is 9.47 Å². The van der Waals surface area contributed by atoms with Crippen LogP contribution in [0.1, 0.15) is 48.5 Å². The largest absolute Gasteiger partial charge is 0.444 e. The molecule has 134 valence electrons. The Kier molecular flexibility index (Phi) is 5.90. The Labute approximate surface area is 138 Å². The molecule has 0 aliphatic carbocycles. The fourth-order valence-corrected chi connectivity index (χ4v) is 2.43. The van der Waals surface area contributed by atoms with Crippen LogP contribution in [0.25, 0.3) is 0 Å². The second-order valence-electron chi connectivity index (χ2n) is 7.84. The van der Waals surface area contributed by atoms with Crippen molar-refractivity contribution in [3.63, 3.8) is 0 Å². The summed E-state index contributed by atoms with van der Waals surface area (Å²) >= 11 is 0. The average molecular weight is 330 g/mol. The highest BCUT2D eigenvalue weighted by molar-refractivity contribution is 5.71. The molecule has 1 heterocycles. The van der Waals surface area contributed by atoms with Gasteiger partial charge in [0.1, 0.15) is 11.2 Å². The van der Waals surface area contributed by atoms with E-state index in [2.05, 4.69) is 0 Å². The summed E-state index contributed by atoms with van der Waals surface area (Å²) in [5.74, 6) is 0. The Morgan fingerprint density at radius 2 is 1.35 bits per heavy atom. The standard InChI is InChI=1S/C16H30N2O5/c1-11-12(10-19)18(14(21)23-16(5,6)7)9-8-17(11)13(20)22-15(2,3)4/h11-12,19H,8-10H2,1-7H3. The molecule has 0 saturated carbocycles. The van der Waals surface area contributed by atoms with Gasteiger partial charge in [0.15, 0.2) is 0 Å². The van der Waals surface area contributed by atoms with Gasteiger partial charge >= 0.3 is 12.2 Å². The summed E-state index contributed by atoms with van der Waals surface area (Å²) in [6, 6.07) is -0.887. The lowest BCUT2D eigenvalue weighted by Crippen LogP contribution is -2.63. The van der Waals surface area contributed by atoms with Crippen molar-refractivity contribution in [3.05, 3.63) is 0 Å². The lowest BCUT2D eigenvalue weighted by Gasteiger charge is -2.45. The van der Waals surface area contributed by atoms with E-state index in [-0.39, 0.29) is 12.6 Å². The van der Waals surface area contributed by atoms with Crippen molar-refractivity contribution in [1.82, 2.24) is 9.80 Å². The summed E-state index contributed by atoms with van der Waals surface area (Å²) in [7, 11) is 0. The van der Waals surface area contributed by atoms with Gasteiger partial charge in [0, 0.05) is 13.1 Å². The molecule has 1 N–H and O–H groups in total. The number of piperazine rings is 1. The third-order valence-electron chi connectivity index (χ3n) is 3.47. The number of rotatable bonds is 1. The van der Waals surface area contributed by atoms with Crippen molar-refractivity contribution >= 4 is 12.2 Å². The molecule has 23 heavy (non-hydrogen) atoms. The summed E-state index contributed by atoms with van der Waals surface area (Å²) in [5.41, 5.74) is -1.20. The number of carbonyl (C=O) groups excluding carboxylic acids is 2. The predicted molar refractivity (Wildman–Crippen MR) is 86.2 cm³/mol. The molecule has 1 aliphatic heterocycles. The third-order valence-corrected chi connectivity index (χ3v) is 3.47. The van der Waals surface area contributed by atoms with Crippen LogP contribution in [0.2, 0.25) is 0 Å². The normalized spacial score (nSPS) is 22.8. The molecule has 7 nitrogen and oxygen atoms in total. The molecule has 1 aliphatic rings. The molecule has 1 fully saturated rings. The number of carbonyl (C=O) groups is 2. The molecule has 1 rings (SSSR count). The van der Waals surface area contributed by atoms with Crippen LogP contribution in [0.15, 0.2) is 0 Å². The Morgan fingerprint density at radius 1 is 0.957 bits per heavy atom. The maximum Gasteiger partial charge on any atom is 0.410 e. The first-order valence-corrected chi connectivity index (χ1v) is 7.96. The lowest BCUT2D eigenvalue weighted by molar-refractivity contribution is -0.0401. The highest BCUT2D eigenvalue weighted by Crippen LogP contribution is 2.22. The summed E-state index contributed by atoms with van der Waals surface area (Å²) in [5, 5.41) is 9.68. The molecule has 0 aromatic carbocycles. The van der Waals surface area contributed by atoms with Crippen LogP contribution in [0.5, 0.6) is 0 Å². The molecule has 1 saturated heterocycles. The van der Waals surface area contributed by atoms with Gasteiger partial charge in [-0.05, 0) is 48.5 Å². The van der Waals surface area contributed by atoms with E-state index in [1.807, 2.05) is 0 Å². The molecule has 0 aromatic rings. The second kappa shape index (κ2) is 6.95. The van der Waals surface area contributed by atoms with Gasteiger partial charge in [0.05, 0.1) is 18.7 Å². The van der Waals surface area contributed by atoms with Gasteiger partial charge in [-0.2, -0.15) is 0 Å². The van der Waals surface area contributed by atoms with E-state index in [9.17, 15) is 14.7 Å². The Hall–Kier alpha value is -1.50. The van der Waals surface area contributed by atoms with Crippen LogP contribution in [-0.4, -0.2) is 70.1 Å². The fourth-order valence-electron chi connectivity index (χ4n) is 2.43. The zero-order chi connectivity index (χ0) is 18.0. The monoisotopic (exact) mass is 330 g/mol. The molecule has 2 amide bonds. The van der Waals surface area contributed by atoms with Crippen LogP contribution in [0, 0.1) is 0 Å². The maximum atomic E-state index is 12.3. The highest BCUT2D eigenvalue weighted by atomic mass is 16.6. The van der Waals surface area contributed by atoms with E-state index in [4.69, 9.17) is 9.47 Å². The number of hydrogen-bond donors (Lipinski definition) is 1. The Bertz CT molecular complexity index is 439. The lowest BCUT2D eigenvalue weighted by atomic mass is 10.0. The van der Waals surface area contributed by atoms with Gasteiger partial charge < -0.3 is 19.5 Å². The fraction of sp³-hybridized carbons (Fsp3) is 0.875.